The Morgan fingerprint density at radius 3 is 2.29 bits per heavy atom. The van der Waals surface area contributed by atoms with E-state index in [1.165, 1.54) is 0 Å². The molecule has 0 aliphatic carbocycles. The zero-order valence-corrected chi connectivity index (χ0v) is 14.4. The lowest BCUT2D eigenvalue weighted by atomic mass is 10.1. The van der Waals surface area contributed by atoms with Crippen LogP contribution in [0, 0.1) is 25.2 Å². The van der Waals surface area contributed by atoms with Gasteiger partial charge in [0.05, 0.1) is 0 Å². The van der Waals surface area contributed by atoms with Crippen molar-refractivity contribution in [2.75, 3.05) is 24.3 Å². The van der Waals surface area contributed by atoms with Gasteiger partial charge in [0.25, 0.3) is 5.91 Å². The summed E-state index contributed by atoms with van der Waals surface area (Å²) >= 11 is 0. The molecule has 4 nitrogen and oxygen atoms in total. The highest BCUT2D eigenvalue weighted by atomic mass is 16.1. The van der Waals surface area contributed by atoms with Crippen LogP contribution in [0.2, 0.25) is 0 Å². The standard InChI is InChI=1S/C20H21N3O/c1-14-5-8-18(11-15(14)2)22-20(24)17(13-21)12-16-6-9-19(10-7-16)23(3)4/h5-12H,1-4H3,(H,22,24). The zero-order valence-electron chi connectivity index (χ0n) is 14.4. The van der Waals surface area contributed by atoms with E-state index < -0.39 is 5.91 Å². The van der Waals surface area contributed by atoms with Crippen LogP contribution < -0.4 is 10.2 Å². The van der Waals surface area contributed by atoms with E-state index in [-0.39, 0.29) is 5.57 Å². The first-order chi connectivity index (χ1) is 11.4. The summed E-state index contributed by atoms with van der Waals surface area (Å²) < 4.78 is 0. The monoisotopic (exact) mass is 319 g/mol. The van der Waals surface area contributed by atoms with Crippen LogP contribution in [0.25, 0.3) is 6.08 Å². The second kappa shape index (κ2) is 7.47. The molecule has 0 heterocycles. The summed E-state index contributed by atoms with van der Waals surface area (Å²) in [6.45, 7) is 4.00. The minimum Gasteiger partial charge on any atom is -0.378 e. The first-order valence-electron chi connectivity index (χ1n) is 7.68. The minimum atomic E-state index is -0.405. The molecule has 0 spiro atoms. The highest BCUT2D eigenvalue weighted by molar-refractivity contribution is 6.09. The van der Waals surface area contributed by atoms with E-state index in [0.29, 0.717) is 5.69 Å². The van der Waals surface area contributed by atoms with Crippen molar-refractivity contribution in [3.05, 3.63) is 64.7 Å². The third-order valence-electron chi connectivity index (χ3n) is 3.85. The molecule has 0 saturated carbocycles. The summed E-state index contributed by atoms with van der Waals surface area (Å²) in [5.74, 6) is -0.405. The summed E-state index contributed by atoms with van der Waals surface area (Å²) in [7, 11) is 3.92. The highest BCUT2D eigenvalue weighted by Gasteiger charge is 2.10. The Labute approximate surface area is 143 Å². The molecule has 0 fully saturated rings. The van der Waals surface area contributed by atoms with Gasteiger partial charge in [-0.05, 0) is 60.9 Å². The second-order valence-corrected chi connectivity index (χ2v) is 5.91. The van der Waals surface area contributed by atoms with Crippen molar-refractivity contribution in [1.82, 2.24) is 0 Å². The molecule has 0 atom stereocenters. The normalized spacial score (nSPS) is 10.9. The Bertz CT molecular complexity index is 812. The highest BCUT2D eigenvalue weighted by Crippen LogP contribution is 2.17. The average molecular weight is 319 g/mol. The Morgan fingerprint density at radius 1 is 1.08 bits per heavy atom. The number of carbonyl (C=O) groups excluding carboxylic acids is 1. The van der Waals surface area contributed by atoms with Crippen LogP contribution in [-0.4, -0.2) is 20.0 Å². The third-order valence-corrected chi connectivity index (χ3v) is 3.85. The molecular formula is C20H21N3O. The number of nitriles is 1. The Hall–Kier alpha value is -3.06. The van der Waals surface area contributed by atoms with E-state index in [4.69, 9.17) is 0 Å². The van der Waals surface area contributed by atoms with Gasteiger partial charge in [0, 0.05) is 25.5 Å². The van der Waals surface area contributed by atoms with Crippen molar-refractivity contribution in [2.24, 2.45) is 0 Å². The molecule has 24 heavy (non-hydrogen) atoms. The first-order valence-corrected chi connectivity index (χ1v) is 7.68. The first kappa shape index (κ1) is 17.3. The zero-order chi connectivity index (χ0) is 17.7. The number of hydrogen-bond donors (Lipinski definition) is 1. The molecule has 0 aromatic heterocycles. The number of aryl methyl sites for hydroxylation is 2. The van der Waals surface area contributed by atoms with Gasteiger partial charge in [0.15, 0.2) is 0 Å². The Balaban J connectivity index is 2.18. The van der Waals surface area contributed by atoms with E-state index in [2.05, 4.69) is 5.32 Å². The van der Waals surface area contributed by atoms with Crippen molar-refractivity contribution in [3.63, 3.8) is 0 Å². The molecule has 2 aromatic rings. The smallest absolute Gasteiger partial charge is 0.266 e. The summed E-state index contributed by atoms with van der Waals surface area (Å²) in [5, 5.41) is 12.1. The van der Waals surface area contributed by atoms with Gasteiger partial charge < -0.3 is 10.2 Å². The fourth-order valence-electron chi connectivity index (χ4n) is 2.20. The van der Waals surface area contributed by atoms with Crippen molar-refractivity contribution >= 4 is 23.4 Å². The van der Waals surface area contributed by atoms with Crippen LogP contribution in [-0.2, 0) is 4.79 Å². The molecule has 0 aliphatic rings. The molecule has 1 N–H and O–H groups in total. The molecule has 0 aliphatic heterocycles. The van der Waals surface area contributed by atoms with Crippen LogP contribution in [0.3, 0.4) is 0 Å². The number of nitrogens with zero attached hydrogens (tertiary/aromatic N) is 2. The molecule has 2 rings (SSSR count). The SMILES string of the molecule is Cc1ccc(NC(=O)C(C#N)=Cc2ccc(N(C)C)cc2)cc1C. The molecule has 0 bridgehead atoms. The lowest BCUT2D eigenvalue weighted by Gasteiger charge is -2.12. The topological polar surface area (TPSA) is 56.1 Å². The lowest BCUT2D eigenvalue weighted by molar-refractivity contribution is -0.112. The van der Waals surface area contributed by atoms with Crippen LogP contribution in [0.4, 0.5) is 11.4 Å². The molecule has 122 valence electrons. The van der Waals surface area contributed by atoms with Crippen LogP contribution in [0.5, 0.6) is 0 Å². The number of rotatable bonds is 4. The molecule has 0 unspecified atom stereocenters. The van der Waals surface area contributed by atoms with Gasteiger partial charge in [-0.1, -0.05) is 18.2 Å². The molecule has 1 amide bonds. The van der Waals surface area contributed by atoms with E-state index >= 15 is 0 Å². The maximum Gasteiger partial charge on any atom is 0.266 e. The third kappa shape index (κ3) is 4.23. The van der Waals surface area contributed by atoms with Gasteiger partial charge in [-0.3, -0.25) is 4.79 Å². The van der Waals surface area contributed by atoms with E-state index in [0.717, 1.165) is 22.4 Å². The maximum absolute atomic E-state index is 12.3. The number of benzene rings is 2. The van der Waals surface area contributed by atoms with Gasteiger partial charge in [0.1, 0.15) is 11.6 Å². The van der Waals surface area contributed by atoms with E-state index in [1.807, 2.05) is 81.4 Å². The Morgan fingerprint density at radius 2 is 1.75 bits per heavy atom. The van der Waals surface area contributed by atoms with Crippen molar-refractivity contribution in [1.29, 1.82) is 5.26 Å². The van der Waals surface area contributed by atoms with Gasteiger partial charge in [-0.15, -0.1) is 0 Å². The number of amides is 1. The molecule has 0 radical (unpaired) electrons. The predicted molar refractivity (Wildman–Crippen MR) is 98.9 cm³/mol. The number of nitrogens with one attached hydrogen (secondary N) is 1. The van der Waals surface area contributed by atoms with E-state index in [9.17, 15) is 10.1 Å². The molecular weight excluding hydrogens is 298 g/mol. The summed E-state index contributed by atoms with van der Waals surface area (Å²) in [4.78, 5) is 14.3. The molecule has 2 aromatic carbocycles. The number of hydrogen-bond acceptors (Lipinski definition) is 3. The fourth-order valence-corrected chi connectivity index (χ4v) is 2.20. The molecule has 4 heteroatoms. The van der Waals surface area contributed by atoms with Crippen LogP contribution >= 0.6 is 0 Å². The largest absolute Gasteiger partial charge is 0.378 e. The van der Waals surface area contributed by atoms with Crippen molar-refractivity contribution in [3.8, 4) is 6.07 Å². The summed E-state index contributed by atoms with van der Waals surface area (Å²) in [6.07, 6.45) is 1.59. The van der Waals surface area contributed by atoms with Gasteiger partial charge in [0.2, 0.25) is 0 Å². The Kier molecular flexibility index (Phi) is 5.39. The number of carbonyl (C=O) groups is 1. The predicted octanol–water partition coefficient (Wildman–Crippen LogP) is 3.92. The average Bonchev–Trinajstić information content (AvgIpc) is 2.56. The van der Waals surface area contributed by atoms with Crippen LogP contribution in [0.1, 0.15) is 16.7 Å². The van der Waals surface area contributed by atoms with Crippen molar-refractivity contribution < 1.29 is 4.79 Å². The quantitative estimate of drug-likeness (QED) is 0.686. The number of anilines is 2. The van der Waals surface area contributed by atoms with Gasteiger partial charge in [-0.25, -0.2) is 0 Å². The van der Waals surface area contributed by atoms with Gasteiger partial charge >= 0.3 is 0 Å². The maximum atomic E-state index is 12.3. The van der Waals surface area contributed by atoms with E-state index in [1.54, 1.807) is 6.08 Å². The van der Waals surface area contributed by atoms with Gasteiger partial charge in [-0.2, -0.15) is 5.26 Å². The van der Waals surface area contributed by atoms with Crippen LogP contribution in [0.15, 0.2) is 48.0 Å². The second-order valence-electron chi connectivity index (χ2n) is 5.91. The summed E-state index contributed by atoms with van der Waals surface area (Å²) in [5.41, 5.74) is 4.88. The minimum absolute atomic E-state index is 0.0748. The van der Waals surface area contributed by atoms with Crippen molar-refractivity contribution in [2.45, 2.75) is 13.8 Å². The molecule has 0 saturated heterocycles. The fraction of sp³-hybridized carbons (Fsp3) is 0.200. The summed E-state index contributed by atoms with van der Waals surface area (Å²) in [6, 6.07) is 15.3. The lowest BCUT2D eigenvalue weighted by Crippen LogP contribution is -2.13.